The Morgan fingerprint density at radius 1 is 1.27 bits per heavy atom. The van der Waals surface area contributed by atoms with E-state index in [-0.39, 0.29) is 6.42 Å². The zero-order valence-electron chi connectivity index (χ0n) is 7.81. The van der Waals surface area contributed by atoms with E-state index >= 15 is 0 Å². The molecular formula is C9H10ClNO3S. The lowest BCUT2D eigenvalue weighted by Gasteiger charge is -2.00. The predicted octanol–water partition coefficient (Wildman–Crippen LogP) is 0.740. The van der Waals surface area contributed by atoms with Crippen LogP contribution in [0.2, 0.25) is 5.02 Å². The molecule has 0 atom stereocenters. The molecule has 1 aromatic rings. The molecule has 0 saturated heterocycles. The maximum absolute atomic E-state index is 11.2. The van der Waals surface area contributed by atoms with Gasteiger partial charge in [-0.2, -0.15) is 0 Å². The third-order valence-corrected chi connectivity index (χ3v) is 2.65. The van der Waals surface area contributed by atoms with Crippen LogP contribution in [0, 0.1) is 0 Å². The normalized spacial score (nSPS) is 11.3. The van der Waals surface area contributed by atoms with Gasteiger partial charge < -0.3 is 0 Å². The van der Waals surface area contributed by atoms with Crippen LogP contribution < -0.4 is 5.14 Å². The minimum absolute atomic E-state index is 0.0492. The molecule has 0 spiro atoms. The summed E-state index contributed by atoms with van der Waals surface area (Å²) in [7, 11) is -3.73. The number of hydrogen-bond acceptors (Lipinski definition) is 3. The number of primary sulfonamides is 1. The number of rotatable bonds is 4. The van der Waals surface area contributed by atoms with Gasteiger partial charge in [0.25, 0.3) is 0 Å². The largest absolute Gasteiger partial charge is 0.298 e. The molecule has 0 fully saturated rings. The maximum Gasteiger partial charge on any atom is 0.216 e. The number of carbonyl (C=O) groups is 1. The second kappa shape index (κ2) is 4.74. The fourth-order valence-electron chi connectivity index (χ4n) is 1.11. The van der Waals surface area contributed by atoms with Gasteiger partial charge in [-0.3, -0.25) is 4.79 Å². The fraction of sp³-hybridized carbons (Fsp3) is 0.222. The number of hydrogen-bond donors (Lipinski definition) is 1. The zero-order valence-corrected chi connectivity index (χ0v) is 9.38. The minimum atomic E-state index is -3.73. The number of benzene rings is 1. The summed E-state index contributed by atoms with van der Waals surface area (Å²) in [5, 5.41) is 5.31. The number of Topliss-reactive ketones (excluding diaryl/α,β-unsaturated/α-hetero) is 1. The number of nitrogens with two attached hydrogens (primary N) is 1. The van der Waals surface area contributed by atoms with Gasteiger partial charge in [-0.25, -0.2) is 13.6 Å². The van der Waals surface area contributed by atoms with Gasteiger partial charge in [-0.05, 0) is 17.7 Å². The van der Waals surface area contributed by atoms with Crippen molar-refractivity contribution in [1.82, 2.24) is 0 Å². The Morgan fingerprint density at radius 2 is 1.80 bits per heavy atom. The number of carbonyl (C=O) groups excluding carboxylic acids is 1. The zero-order chi connectivity index (χ0) is 11.5. The lowest BCUT2D eigenvalue weighted by molar-refractivity contribution is -0.116. The Kier molecular flexibility index (Phi) is 3.84. The topological polar surface area (TPSA) is 77.2 Å². The van der Waals surface area contributed by atoms with E-state index in [2.05, 4.69) is 0 Å². The highest BCUT2D eigenvalue weighted by atomic mass is 35.5. The average molecular weight is 248 g/mol. The summed E-state index contributed by atoms with van der Waals surface area (Å²) in [5.41, 5.74) is 0.716. The van der Waals surface area contributed by atoms with E-state index in [0.29, 0.717) is 10.6 Å². The molecule has 0 heterocycles. The quantitative estimate of drug-likeness (QED) is 0.853. The summed E-state index contributed by atoms with van der Waals surface area (Å²) in [6.07, 6.45) is 0.0492. The van der Waals surface area contributed by atoms with Gasteiger partial charge in [-0.1, -0.05) is 23.7 Å². The summed E-state index contributed by atoms with van der Waals surface area (Å²) in [4.78, 5) is 11.2. The molecule has 0 aliphatic rings. The molecule has 4 nitrogen and oxygen atoms in total. The molecule has 0 aromatic heterocycles. The van der Waals surface area contributed by atoms with E-state index in [1.54, 1.807) is 24.3 Å². The van der Waals surface area contributed by atoms with E-state index in [1.807, 2.05) is 0 Å². The van der Waals surface area contributed by atoms with Crippen molar-refractivity contribution in [2.45, 2.75) is 6.42 Å². The van der Waals surface area contributed by atoms with E-state index < -0.39 is 21.6 Å². The van der Waals surface area contributed by atoms with Crippen LogP contribution in [0.25, 0.3) is 0 Å². The van der Waals surface area contributed by atoms with Crippen LogP contribution in [0.5, 0.6) is 0 Å². The SMILES string of the molecule is NS(=O)(=O)CC(=O)Cc1ccc(Cl)cc1. The second-order valence-electron chi connectivity index (χ2n) is 3.15. The van der Waals surface area contributed by atoms with Gasteiger partial charge in [0.2, 0.25) is 10.0 Å². The Bertz CT molecular complexity index is 453. The van der Waals surface area contributed by atoms with E-state index in [1.165, 1.54) is 0 Å². The minimum Gasteiger partial charge on any atom is -0.298 e. The molecule has 0 unspecified atom stereocenters. The molecule has 1 rings (SSSR count). The first kappa shape index (κ1) is 12.2. The van der Waals surface area contributed by atoms with Crippen molar-refractivity contribution < 1.29 is 13.2 Å². The van der Waals surface area contributed by atoms with Crippen LogP contribution >= 0.6 is 11.6 Å². The monoisotopic (exact) mass is 247 g/mol. The molecule has 0 saturated carbocycles. The lowest BCUT2D eigenvalue weighted by atomic mass is 10.1. The van der Waals surface area contributed by atoms with Gasteiger partial charge in [0.15, 0.2) is 5.78 Å². The molecule has 1 aromatic carbocycles. The summed E-state index contributed by atoms with van der Waals surface area (Å²) in [6, 6.07) is 6.62. The smallest absolute Gasteiger partial charge is 0.216 e. The first-order chi connectivity index (χ1) is 6.87. The van der Waals surface area contributed by atoms with E-state index in [9.17, 15) is 13.2 Å². The van der Waals surface area contributed by atoms with Crippen LogP contribution in [0.1, 0.15) is 5.56 Å². The third kappa shape index (κ3) is 4.92. The Balaban J connectivity index is 2.63. The highest BCUT2D eigenvalue weighted by Gasteiger charge is 2.11. The molecule has 0 aliphatic carbocycles. The van der Waals surface area contributed by atoms with Gasteiger partial charge in [0.1, 0.15) is 5.75 Å². The highest BCUT2D eigenvalue weighted by Crippen LogP contribution is 2.10. The molecule has 0 bridgehead atoms. The van der Waals surface area contributed by atoms with Crippen molar-refractivity contribution in [3.05, 3.63) is 34.9 Å². The second-order valence-corrected chi connectivity index (χ2v) is 5.20. The fourth-order valence-corrected chi connectivity index (χ4v) is 1.78. The van der Waals surface area contributed by atoms with Crippen molar-refractivity contribution in [3.63, 3.8) is 0 Å². The van der Waals surface area contributed by atoms with Crippen molar-refractivity contribution in [1.29, 1.82) is 0 Å². The van der Waals surface area contributed by atoms with Crippen molar-refractivity contribution in [2.75, 3.05) is 5.75 Å². The predicted molar refractivity (Wildman–Crippen MR) is 58.1 cm³/mol. The van der Waals surface area contributed by atoms with Gasteiger partial charge in [0, 0.05) is 11.4 Å². The molecule has 0 radical (unpaired) electrons. The summed E-state index contributed by atoms with van der Waals surface area (Å²) < 4.78 is 21.2. The number of sulfonamides is 1. The summed E-state index contributed by atoms with van der Waals surface area (Å²) in [6.45, 7) is 0. The number of halogens is 1. The molecule has 6 heteroatoms. The highest BCUT2D eigenvalue weighted by molar-refractivity contribution is 7.89. The third-order valence-electron chi connectivity index (χ3n) is 1.68. The Morgan fingerprint density at radius 3 is 2.27 bits per heavy atom. The molecule has 82 valence electrons. The van der Waals surface area contributed by atoms with Gasteiger partial charge in [-0.15, -0.1) is 0 Å². The Labute approximate surface area is 93.1 Å². The molecule has 0 aliphatic heterocycles. The number of ketones is 1. The summed E-state index contributed by atoms with van der Waals surface area (Å²) in [5.74, 6) is -1.06. The first-order valence-electron chi connectivity index (χ1n) is 4.13. The van der Waals surface area contributed by atoms with Crippen LogP contribution in [0.3, 0.4) is 0 Å². The van der Waals surface area contributed by atoms with Crippen molar-refractivity contribution in [3.8, 4) is 0 Å². The molecule has 0 amide bonds. The van der Waals surface area contributed by atoms with Gasteiger partial charge >= 0.3 is 0 Å². The van der Waals surface area contributed by atoms with Crippen LogP contribution in [0.4, 0.5) is 0 Å². The van der Waals surface area contributed by atoms with Crippen LogP contribution in [-0.2, 0) is 21.2 Å². The molecule has 15 heavy (non-hydrogen) atoms. The first-order valence-corrected chi connectivity index (χ1v) is 6.23. The van der Waals surface area contributed by atoms with E-state index in [4.69, 9.17) is 16.7 Å². The molecule has 2 N–H and O–H groups in total. The van der Waals surface area contributed by atoms with E-state index in [0.717, 1.165) is 0 Å². The van der Waals surface area contributed by atoms with Crippen LogP contribution in [0.15, 0.2) is 24.3 Å². The van der Waals surface area contributed by atoms with Crippen molar-refractivity contribution >= 4 is 27.4 Å². The standard InChI is InChI=1S/C9H10ClNO3S/c10-8-3-1-7(2-4-8)5-9(12)6-15(11,13)14/h1-4H,5-6H2,(H2,11,13,14). The average Bonchev–Trinajstić information content (AvgIpc) is 2.05. The molecular weight excluding hydrogens is 238 g/mol. The lowest BCUT2D eigenvalue weighted by Crippen LogP contribution is -2.24. The van der Waals surface area contributed by atoms with Crippen LogP contribution in [-0.4, -0.2) is 20.0 Å². The summed E-state index contributed by atoms with van der Waals surface area (Å²) >= 11 is 5.65. The maximum atomic E-state index is 11.2. The Hall–Kier alpha value is -0.910. The van der Waals surface area contributed by atoms with Crippen molar-refractivity contribution in [2.24, 2.45) is 5.14 Å². The van der Waals surface area contributed by atoms with Gasteiger partial charge in [0.05, 0.1) is 0 Å².